The topological polar surface area (TPSA) is 62.8 Å². The Morgan fingerprint density at radius 2 is 2.09 bits per heavy atom. The Hall–Kier alpha value is -1.98. The second kappa shape index (κ2) is 7.06. The standard InChI is InChI=1S/C17H17ClN4S/c1-11-6-7-16-12(10-11)14(8-9-23-16)21-22-17(19)20-15-5-3-2-4-13(15)18/h2-7,10H,8-9H2,1H3,(H3,19,20,22)/b21-14+. The molecule has 0 radical (unpaired) electrons. The van der Waals surface area contributed by atoms with Crippen molar-refractivity contribution in [3.63, 3.8) is 0 Å². The molecule has 0 spiro atoms. The second-order valence-electron chi connectivity index (χ2n) is 5.22. The predicted octanol–water partition coefficient (Wildman–Crippen LogP) is 4.08. The first-order chi connectivity index (χ1) is 11.1. The monoisotopic (exact) mass is 344 g/mol. The molecule has 3 N–H and O–H groups in total. The molecule has 1 aliphatic heterocycles. The minimum absolute atomic E-state index is 0.220. The van der Waals surface area contributed by atoms with Crippen molar-refractivity contribution in [3.05, 3.63) is 58.6 Å². The van der Waals surface area contributed by atoms with Crippen LogP contribution in [0.15, 0.2) is 57.5 Å². The molecule has 3 rings (SSSR count). The van der Waals surface area contributed by atoms with Gasteiger partial charge < -0.3 is 5.73 Å². The summed E-state index contributed by atoms with van der Waals surface area (Å²) in [5.41, 5.74) is 12.8. The van der Waals surface area contributed by atoms with Crippen molar-refractivity contribution >= 4 is 40.7 Å². The summed E-state index contributed by atoms with van der Waals surface area (Å²) in [6, 6.07) is 13.7. The van der Waals surface area contributed by atoms with Crippen molar-refractivity contribution in [2.24, 2.45) is 15.8 Å². The normalized spacial score (nSPS) is 16.3. The Kier molecular flexibility index (Phi) is 4.88. The van der Waals surface area contributed by atoms with E-state index in [1.165, 1.54) is 16.0 Å². The van der Waals surface area contributed by atoms with Crippen LogP contribution in [0.4, 0.5) is 5.69 Å². The van der Waals surface area contributed by atoms with E-state index in [1.54, 1.807) is 12.1 Å². The fourth-order valence-electron chi connectivity index (χ4n) is 2.33. The number of hydrazone groups is 1. The highest BCUT2D eigenvalue weighted by Crippen LogP contribution is 2.30. The van der Waals surface area contributed by atoms with Gasteiger partial charge in [-0.3, -0.25) is 0 Å². The number of fused-ring (bicyclic) bond motifs is 1. The molecule has 2 aromatic rings. The van der Waals surface area contributed by atoms with Crippen LogP contribution < -0.4 is 11.2 Å². The Morgan fingerprint density at radius 1 is 1.26 bits per heavy atom. The van der Waals surface area contributed by atoms with E-state index in [9.17, 15) is 0 Å². The Morgan fingerprint density at radius 3 is 2.91 bits per heavy atom. The number of aryl methyl sites for hydroxylation is 1. The average Bonchev–Trinajstić information content (AvgIpc) is 2.55. The number of nitrogens with two attached hydrogens (primary N) is 1. The Labute approximate surface area is 144 Å². The van der Waals surface area contributed by atoms with E-state index in [0.29, 0.717) is 10.7 Å². The number of nitrogens with zero attached hydrogens (tertiary/aromatic N) is 2. The highest BCUT2D eigenvalue weighted by Gasteiger charge is 2.16. The van der Waals surface area contributed by atoms with Crippen molar-refractivity contribution < 1.29 is 0 Å². The van der Waals surface area contributed by atoms with E-state index in [4.69, 9.17) is 17.3 Å². The number of benzene rings is 2. The molecule has 6 heteroatoms. The minimum atomic E-state index is 0.220. The van der Waals surface area contributed by atoms with Crippen LogP contribution in [0.2, 0.25) is 5.02 Å². The number of thioether (sulfide) groups is 1. The van der Waals surface area contributed by atoms with Crippen LogP contribution >= 0.6 is 23.4 Å². The van der Waals surface area contributed by atoms with E-state index in [1.807, 2.05) is 23.9 Å². The van der Waals surface area contributed by atoms with E-state index in [-0.39, 0.29) is 5.96 Å². The molecule has 1 heterocycles. The number of hydrogen-bond donors (Lipinski definition) is 2. The van der Waals surface area contributed by atoms with Gasteiger partial charge in [0.25, 0.3) is 0 Å². The van der Waals surface area contributed by atoms with E-state index < -0.39 is 0 Å². The number of nitrogens with one attached hydrogen (secondary N) is 1. The molecule has 0 atom stereocenters. The molecular weight excluding hydrogens is 328 g/mol. The van der Waals surface area contributed by atoms with Crippen molar-refractivity contribution in [3.8, 4) is 0 Å². The molecule has 1 aliphatic rings. The summed E-state index contributed by atoms with van der Waals surface area (Å²) in [7, 11) is 0. The maximum atomic E-state index is 6.07. The van der Waals surface area contributed by atoms with Gasteiger partial charge in [0.2, 0.25) is 5.96 Å². The van der Waals surface area contributed by atoms with Crippen LogP contribution in [0, 0.1) is 6.92 Å². The van der Waals surface area contributed by atoms with Gasteiger partial charge in [0, 0.05) is 22.6 Å². The fourth-order valence-corrected chi connectivity index (χ4v) is 3.52. The predicted molar refractivity (Wildman–Crippen MR) is 98.9 cm³/mol. The SMILES string of the molecule is Cc1ccc2c(c1)/C(=N/NC(N)=Nc1ccccc1Cl)CCS2. The van der Waals surface area contributed by atoms with Gasteiger partial charge in [-0.15, -0.1) is 11.8 Å². The third-order valence-corrected chi connectivity index (χ3v) is 4.84. The molecule has 2 aromatic carbocycles. The summed E-state index contributed by atoms with van der Waals surface area (Å²) in [4.78, 5) is 5.51. The summed E-state index contributed by atoms with van der Waals surface area (Å²) in [6.45, 7) is 2.08. The first-order valence-electron chi connectivity index (χ1n) is 7.28. The van der Waals surface area contributed by atoms with E-state index >= 15 is 0 Å². The summed E-state index contributed by atoms with van der Waals surface area (Å²) >= 11 is 7.92. The van der Waals surface area contributed by atoms with Gasteiger partial charge in [-0.25, -0.2) is 10.4 Å². The fraction of sp³-hybridized carbons (Fsp3) is 0.176. The number of hydrogen-bond acceptors (Lipinski definition) is 3. The van der Waals surface area contributed by atoms with Crippen LogP contribution in [0.1, 0.15) is 17.5 Å². The zero-order valence-electron chi connectivity index (χ0n) is 12.7. The smallest absolute Gasteiger partial charge is 0.214 e. The third-order valence-electron chi connectivity index (χ3n) is 3.44. The first-order valence-corrected chi connectivity index (χ1v) is 8.65. The lowest BCUT2D eigenvalue weighted by molar-refractivity contribution is 0.986. The molecule has 0 aromatic heterocycles. The van der Waals surface area contributed by atoms with Crippen LogP contribution in [-0.4, -0.2) is 17.4 Å². The zero-order valence-corrected chi connectivity index (χ0v) is 14.3. The Balaban J connectivity index is 1.81. The molecule has 0 unspecified atom stereocenters. The summed E-state index contributed by atoms with van der Waals surface area (Å²) in [5.74, 6) is 1.23. The first kappa shape index (κ1) is 15.9. The lowest BCUT2D eigenvalue weighted by atomic mass is 10.1. The van der Waals surface area contributed by atoms with Crippen LogP contribution in [0.5, 0.6) is 0 Å². The molecule has 4 nitrogen and oxygen atoms in total. The summed E-state index contributed by atoms with van der Waals surface area (Å²) < 4.78 is 0. The van der Waals surface area contributed by atoms with Crippen molar-refractivity contribution in [2.45, 2.75) is 18.2 Å². The van der Waals surface area contributed by atoms with E-state index in [0.717, 1.165) is 17.9 Å². The van der Waals surface area contributed by atoms with Gasteiger partial charge >= 0.3 is 0 Å². The number of rotatable bonds is 2. The summed E-state index contributed by atoms with van der Waals surface area (Å²) in [6.07, 6.45) is 0.896. The molecule has 118 valence electrons. The van der Waals surface area contributed by atoms with Gasteiger partial charge in [0.05, 0.1) is 16.4 Å². The quantitative estimate of drug-likeness (QED) is 0.490. The van der Waals surface area contributed by atoms with Gasteiger partial charge in [0.1, 0.15) is 0 Å². The number of aliphatic imine (C=N–C) groups is 1. The molecule has 0 saturated carbocycles. The largest absolute Gasteiger partial charge is 0.368 e. The highest BCUT2D eigenvalue weighted by molar-refractivity contribution is 7.99. The second-order valence-corrected chi connectivity index (χ2v) is 6.76. The molecule has 0 saturated heterocycles. The number of para-hydroxylation sites is 1. The lowest BCUT2D eigenvalue weighted by Gasteiger charge is -2.18. The van der Waals surface area contributed by atoms with Gasteiger partial charge in [0.15, 0.2) is 0 Å². The molecule has 23 heavy (non-hydrogen) atoms. The van der Waals surface area contributed by atoms with Gasteiger partial charge in [-0.1, -0.05) is 35.4 Å². The van der Waals surface area contributed by atoms with Gasteiger partial charge in [-0.2, -0.15) is 5.10 Å². The van der Waals surface area contributed by atoms with E-state index in [2.05, 4.69) is 40.6 Å². The average molecular weight is 345 g/mol. The van der Waals surface area contributed by atoms with Crippen molar-refractivity contribution in [2.75, 3.05) is 5.75 Å². The zero-order chi connectivity index (χ0) is 16.2. The lowest BCUT2D eigenvalue weighted by Crippen LogP contribution is -2.28. The minimum Gasteiger partial charge on any atom is -0.368 e. The Bertz CT molecular complexity index is 786. The number of guanidine groups is 1. The molecule has 0 amide bonds. The maximum Gasteiger partial charge on any atom is 0.214 e. The number of halogens is 1. The molecule has 0 fully saturated rings. The molecule has 0 aliphatic carbocycles. The molecular formula is C17H17ClN4S. The van der Waals surface area contributed by atoms with Crippen LogP contribution in [0.3, 0.4) is 0 Å². The highest BCUT2D eigenvalue weighted by atomic mass is 35.5. The van der Waals surface area contributed by atoms with Crippen LogP contribution in [0.25, 0.3) is 0 Å². The van der Waals surface area contributed by atoms with Gasteiger partial charge in [-0.05, 0) is 31.2 Å². The van der Waals surface area contributed by atoms with Crippen LogP contribution in [-0.2, 0) is 0 Å². The molecule has 0 bridgehead atoms. The third kappa shape index (κ3) is 3.86. The maximum absolute atomic E-state index is 6.07. The summed E-state index contributed by atoms with van der Waals surface area (Å²) in [5, 5.41) is 5.00. The van der Waals surface area contributed by atoms with Crippen molar-refractivity contribution in [1.29, 1.82) is 0 Å². The van der Waals surface area contributed by atoms with Crippen molar-refractivity contribution in [1.82, 2.24) is 5.43 Å².